The van der Waals surface area contributed by atoms with Crippen LogP contribution in [0, 0.1) is 11.8 Å². The van der Waals surface area contributed by atoms with Crippen LogP contribution < -0.4 is 5.73 Å². The molecule has 1 aromatic carbocycles. The number of hydrogen-bond donors (Lipinski definition) is 1. The van der Waals surface area contributed by atoms with Crippen molar-refractivity contribution in [3.05, 3.63) is 33.8 Å². The second kappa shape index (κ2) is 6.45. The smallest absolute Gasteiger partial charge is 0.0640 e. The zero-order valence-corrected chi connectivity index (χ0v) is 13.1. The van der Waals surface area contributed by atoms with E-state index in [1.165, 1.54) is 6.42 Å². The Bertz CT molecular complexity index is 434. The van der Waals surface area contributed by atoms with Crippen molar-refractivity contribution in [3.63, 3.8) is 0 Å². The van der Waals surface area contributed by atoms with Crippen LogP contribution in [-0.4, -0.2) is 24.5 Å². The Labute approximate surface area is 125 Å². The van der Waals surface area contributed by atoms with Gasteiger partial charge >= 0.3 is 0 Å². The minimum Gasteiger partial charge on any atom is -0.329 e. The van der Waals surface area contributed by atoms with Gasteiger partial charge in [0.05, 0.1) is 10.0 Å². The van der Waals surface area contributed by atoms with Gasteiger partial charge in [0, 0.05) is 19.1 Å². The van der Waals surface area contributed by atoms with Crippen molar-refractivity contribution in [1.82, 2.24) is 4.90 Å². The second-order valence-electron chi connectivity index (χ2n) is 5.68. The van der Waals surface area contributed by atoms with Crippen molar-refractivity contribution < 1.29 is 0 Å². The summed E-state index contributed by atoms with van der Waals surface area (Å²) in [5, 5.41) is 1.25. The van der Waals surface area contributed by atoms with Gasteiger partial charge in [-0.25, -0.2) is 0 Å². The standard InChI is InChI=1S/C15H22Cl2N2/c1-10(2)11-6-7-19(9-11)14(8-18)12-4-3-5-13(16)15(12)17/h3-5,10-11,14H,6-9,18H2,1-2H3. The monoisotopic (exact) mass is 300 g/mol. The molecule has 0 spiro atoms. The highest BCUT2D eigenvalue weighted by Crippen LogP contribution is 2.35. The maximum atomic E-state index is 6.33. The minimum atomic E-state index is 0.176. The van der Waals surface area contributed by atoms with Gasteiger partial charge < -0.3 is 5.73 Å². The van der Waals surface area contributed by atoms with E-state index in [2.05, 4.69) is 18.7 Å². The van der Waals surface area contributed by atoms with Crippen LogP contribution in [0.1, 0.15) is 31.9 Å². The maximum Gasteiger partial charge on any atom is 0.0640 e. The Kier molecular flexibility index (Phi) is 5.13. The fourth-order valence-corrected chi connectivity index (χ4v) is 3.33. The Morgan fingerprint density at radius 3 is 2.68 bits per heavy atom. The van der Waals surface area contributed by atoms with Crippen molar-refractivity contribution in [1.29, 1.82) is 0 Å². The minimum absolute atomic E-state index is 0.176. The summed E-state index contributed by atoms with van der Waals surface area (Å²) in [6, 6.07) is 5.98. The lowest BCUT2D eigenvalue weighted by Crippen LogP contribution is -2.32. The number of hydrogen-bond acceptors (Lipinski definition) is 2. The third-order valence-electron chi connectivity index (χ3n) is 4.20. The summed E-state index contributed by atoms with van der Waals surface area (Å²) < 4.78 is 0. The van der Waals surface area contributed by atoms with Crippen molar-refractivity contribution >= 4 is 23.2 Å². The molecule has 2 unspecified atom stereocenters. The van der Waals surface area contributed by atoms with Crippen molar-refractivity contribution in [3.8, 4) is 0 Å². The number of benzene rings is 1. The van der Waals surface area contributed by atoms with Gasteiger partial charge in [0.25, 0.3) is 0 Å². The van der Waals surface area contributed by atoms with Gasteiger partial charge in [0.1, 0.15) is 0 Å². The molecule has 0 saturated carbocycles. The highest BCUT2D eigenvalue weighted by Gasteiger charge is 2.30. The molecule has 2 nitrogen and oxygen atoms in total. The molecular formula is C15H22Cl2N2. The first kappa shape index (κ1) is 15.1. The van der Waals surface area contributed by atoms with E-state index in [9.17, 15) is 0 Å². The average Bonchev–Trinajstić information content (AvgIpc) is 2.85. The molecule has 0 aliphatic carbocycles. The molecule has 106 valence electrons. The van der Waals surface area contributed by atoms with Crippen LogP contribution >= 0.6 is 23.2 Å². The Balaban J connectivity index is 2.19. The zero-order valence-electron chi connectivity index (χ0n) is 11.6. The first-order valence-corrected chi connectivity index (χ1v) is 7.68. The maximum absolute atomic E-state index is 6.33. The van der Waals surface area contributed by atoms with E-state index in [1.54, 1.807) is 0 Å². The SMILES string of the molecule is CC(C)C1CCN(C(CN)c2cccc(Cl)c2Cl)C1. The van der Waals surface area contributed by atoms with Crippen LogP contribution in [0.2, 0.25) is 10.0 Å². The molecule has 0 aromatic heterocycles. The molecule has 19 heavy (non-hydrogen) atoms. The molecular weight excluding hydrogens is 279 g/mol. The van der Waals surface area contributed by atoms with E-state index >= 15 is 0 Å². The molecule has 0 radical (unpaired) electrons. The van der Waals surface area contributed by atoms with Crippen LogP contribution in [0.25, 0.3) is 0 Å². The predicted molar refractivity (Wildman–Crippen MR) is 82.8 cm³/mol. The summed E-state index contributed by atoms with van der Waals surface area (Å²) in [5.41, 5.74) is 7.04. The number of nitrogens with zero attached hydrogens (tertiary/aromatic N) is 1. The van der Waals surface area contributed by atoms with Gasteiger partial charge in [-0.15, -0.1) is 0 Å². The molecule has 2 atom stereocenters. The fourth-order valence-electron chi connectivity index (χ4n) is 2.89. The summed E-state index contributed by atoms with van der Waals surface area (Å²) >= 11 is 12.4. The van der Waals surface area contributed by atoms with Gasteiger partial charge in [-0.2, -0.15) is 0 Å². The van der Waals surface area contributed by atoms with E-state index < -0.39 is 0 Å². The van der Waals surface area contributed by atoms with Crippen molar-refractivity contribution in [2.45, 2.75) is 26.3 Å². The van der Waals surface area contributed by atoms with Crippen LogP contribution in [0.3, 0.4) is 0 Å². The Hall–Kier alpha value is -0.280. The molecule has 4 heteroatoms. The first-order chi connectivity index (χ1) is 9.04. The third-order valence-corrected chi connectivity index (χ3v) is 5.04. The van der Waals surface area contributed by atoms with E-state index in [-0.39, 0.29) is 6.04 Å². The normalized spacial score (nSPS) is 22.1. The largest absolute Gasteiger partial charge is 0.329 e. The Morgan fingerprint density at radius 2 is 2.11 bits per heavy atom. The first-order valence-electron chi connectivity index (χ1n) is 6.92. The molecule has 1 aliphatic heterocycles. The van der Waals surface area contributed by atoms with Gasteiger partial charge in [0.2, 0.25) is 0 Å². The number of likely N-dealkylation sites (tertiary alicyclic amines) is 1. The molecule has 2 rings (SSSR count). The molecule has 2 N–H and O–H groups in total. The van der Waals surface area contributed by atoms with Gasteiger partial charge in [0.15, 0.2) is 0 Å². The van der Waals surface area contributed by atoms with Crippen molar-refractivity contribution in [2.24, 2.45) is 17.6 Å². The second-order valence-corrected chi connectivity index (χ2v) is 6.47. The average molecular weight is 301 g/mol. The molecule has 1 aliphatic rings. The number of halogens is 2. The zero-order chi connectivity index (χ0) is 14.0. The van der Waals surface area contributed by atoms with Gasteiger partial charge in [-0.1, -0.05) is 49.2 Å². The van der Waals surface area contributed by atoms with Gasteiger partial charge in [-0.3, -0.25) is 4.90 Å². The van der Waals surface area contributed by atoms with E-state index in [0.29, 0.717) is 16.6 Å². The molecule has 1 fully saturated rings. The predicted octanol–water partition coefficient (Wildman–Crippen LogP) is 3.97. The van der Waals surface area contributed by atoms with E-state index in [4.69, 9.17) is 28.9 Å². The number of nitrogens with two attached hydrogens (primary N) is 1. The van der Waals surface area contributed by atoms with E-state index in [0.717, 1.165) is 30.5 Å². The molecule has 1 saturated heterocycles. The summed E-state index contributed by atoms with van der Waals surface area (Å²) in [7, 11) is 0. The third kappa shape index (κ3) is 3.25. The quantitative estimate of drug-likeness (QED) is 0.911. The summed E-state index contributed by atoms with van der Waals surface area (Å²) in [6.45, 7) is 7.34. The lowest BCUT2D eigenvalue weighted by Gasteiger charge is -2.28. The number of rotatable bonds is 4. The molecule has 1 heterocycles. The van der Waals surface area contributed by atoms with Crippen LogP contribution in [0.15, 0.2) is 18.2 Å². The van der Waals surface area contributed by atoms with Crippen LogP contribution in [0.5, 0.6) is 0 Å². The van der Waals surface area contributed by atoms with Crippen LogP contribution in [0.4, 0.5) is 0 Å². The van der Waals surface area contributed by atoms with Crippen LogP contribution in [-0.2, 0) is 0 Å². The lowest BCUT2D eigenvalue weighted by molar-refractivity contribution is 0.232. The van der Waals surface area contributed by atoms with Crippen molar-refractivity contribution in [2.75, 3.05) is 19.6 Å². The summed E-state index contributed by atoms with van der Waals surface area (Å²) in [5.74, 6) is 1.48. The highest BCUT2D eigenvalue weighted by molar-refractivity contribution is 6.42. The summed E-state index contributed by atoms with van der Waals surface area (Å²) in [6.07, 6.45) is 1.24. The topological polar surface area (TPSA) is 29.3 Å². The Morgan fingerprint density at radius 1 is 1.37 bits per heavy atom. The molecule has 0 amide bonds. The van der Waals surface area contributed by atoms with E-state index in [1.807, 2.05) is 18.2 Å². The molecule has 1 aromatic rings. The fraction of sp³-hybridized carbons (Fsp3) is 0.600. The highest BCUT2D eigenvalue weighted by atomic mass is 35.5. The lowest BCUT2D eigenvalue weighted by atomic mass is 9.95. The molecule has 0 bridgehead atoms. The van der Waals surface area contributed by atoms with Gasteiger partial charge in [-0.05, 0) is 36.4 Å². The summed E-state index contributed by atoms with van der Waals surface area (Å²) in [4.78, 5) is 2.45.